The van der Waals surface area contributed by atoms with E-state index >= 15 is 0 Å². The van der Waals surface area contributed by atoms with Crippen LogP contribution in [0.4, 0.5) is 0 Å². The van der Waals surface area contributed by atoms with Crippen LogP contribution in [-0.4, -0.2) is 63.5 Å². The van der Waals surface area contributed by atoms with Crippen LogP contribution in [-0.2, 0) is 21.1 Å². The smallest absolute Gasteiger partial charge is 0.277 e. The highest BCUT2D eigenvalue weighted by Gasteiger charge is 2.34. The predicted octanol–water partition coefficient (Wildman–Crippen LogP) is 0.170. The van der Waals surface area contributed by atoms with Gasteiger partial charge in [0.2, 0.25) is 0 Å². The predicted molar refractivity (Wildman–Crippen MR) is 98.3 cm³/mol. The first kappa shape index (κ1) is 18.4. The molecule has 1 atom stereocenters. The van der Waals surface area contributed by atoms with E-state index in [0.29, 0.717) is 18.9 Å². The number of carbonyl (C=O) groups is 1. The van der Waals surface area contributed by atoms with Gasteiger partial charge in [-0.3, -0.25) is 4.79 Å². The summed E-state index contributed by atoms with van der Waals surface area (Å²) in [7, 11) is -1.19. The molecule has 1 N–H and O–H groups in total. The fourth-order valence-corrected chi connectivity index (χ4v) is 5.81. The third kappa shape index (κ3) is 5.05. The molecule has 2 aliphatic heterocycles. The molecule has 2 aliphatic rings. The van der Waals surface area contributed by atoms with Gasteiger partial charge in [0.15, 0.2) is 16.4 Å². The van der Waals surface area contributed by atoms with Crippen molar-refractivity contribution in [3.05, 3.63) is 35.9 Å². The molecular formula is C19H29N2O3S+. The van der Waals surface area contributed by atoms with Crippen LogP contribution in [0.25, 0.3) is 0 Å². The normalized spacial score (nSPS) is 28.6. The van der Waals surface area contributed by atoms with E-state index < -0.39 is 9.84 Å². The summed E-state index contributed by atoms with van der Waals surface area (Å²) < 4.78 is 23.2. The minimum Gasteiger partial charge on any atom is -0.337 e. The number of hydrogen-bond acceptors (Lipinski definition) is 3. The summed E-state index contributed by atoms with van der Waals surface area (Å²) in [6, 6.07) is 10.5. The fraction of sp³-hybridized carbons (Fsp3) is 0.632. The Hall–Kier alpha value is -1.40. The first-order chi connectivity index (χ1) is 11.9. The highest BCUT2D eigenvalue weighted by Crippen LogP contribution is 2.17. The van der Waals surface area contributed by atoms with Crippen LogP contribution in [0.3, 0.4) is 0 Å². The van der Waals surface area contributed by atoms with Gasteiger partial charge >= 0.3 is 0 Å². The molecule has 0 radical (unpaired) electrons. The number of sulfone groups is 1. The van der Waals surface area contributed by atoms with E-state index in [1.807, 2.05) is 6.07 Å². The van der Waals surface area contributed by atoms with E-state index in [1.54, 1.807) is 11.9 Å². The van der Waals surface area contributed by atoms with E-state index in [0.717, 1.165) is 32.4 Å². The van der Waals surface area contributed by atoms with Gasteiger partial charge in [-0.05, 0) is 37.2 Å². The first-order valence-corrected chi connectivity index (χ1v) is 11.1. The Morgan fingerprint density at radius 2 is 1.84 bits per heavy atom. The average molecular weight is 366 g/mol. The van der Waals surface area contributed by atoms with E-state index in [4.69, 9.17) is 0 Å². The molecule has 0 unspecified atom stereocenters. The van der Waals surface area contributed by atoms with Crippen LogP contribution in [0.2, 0.25) is 0 Å². The third-order valence-corrected chi connectivity index (χ3v) is 7.48. The number of benzene rings is 1. The topological polar surface area (TPSA) is 58.9 Å². The zero-order valence-corrected chi connectivity index (χ0v) is 15.8. The Kier molecular flexibility index (Phi) is 5.79. The molecular weight excluding hydrogens is 336 g/mol. The quantitative estimate of drug-likeness (QED) is 0.809. The fourth-order valence-electron chi connectivity index (χ4n) is 4.04. The first-order valence-electron chi connectivity index (χ1n) is 9.26. The van der Waals surface area contributed by atoms with Crippen molar-refractivity contribution in [3.63, 3.8) is 0 Å². The molecule has 138 valence electrons. The number of quaternary nitrogens is 1. The van der Waals surface area contributed by atoms with Gasteiger partial charge in [-0.1, -0.05) is 30.3 Å². The second-order valence-corrected chi connectivity index (χ2v) is 9.85. The maximum Gasteiger partial charge on any atom is 0.277 e. The number of rotatable bonds is 5. The van der Waals surface area contributed by atoms with Crippen molar-refractivity contribution in [1.29, 1.82) is 0 Å². The minimum absolute atomic E-state index is 0.0820. The molecule has 1 aromatic rings. The highest BCUT2D eigenvalue weighted by atomic mass is 32.2. The zero-order chi connectivity index (χ0) is 17.9. The molecule has 6 heteroatoms. The maximum atomic E-state index is 12.5. The summed E-state index contributed by atoms with van der Waals surface area (Å²) >= 11 is 0. The number of amides is 1. The second-order valence-electron chi connectivity index (χ2n) is 7.62. The van der Waals surface area contributed by atoms with Crippen LogP contribution in [0.15, 0.2) is 30.3 Å². The Bertz CT molecular complexity index is 682. The van der Waals surface area contributed by atoms with Crippen molar-refractivity contribution in [3.8, 4) is 0 Å². The van der Waals surface area contributed by atoms with Crippen molar-refractivity contribution in [2.45, 2.75) is 31.7 Å². The van der Waals surface area contributed by atoms with E-state index in [1.165, 1.54) is 10.5 Å². The zero-order valence-electron chi connectivity index (χ0n) is 15.0. The SMILES string of the molecule is CN(C(=O)C[NH+]1CCC(Cc2ccccc2)CC1)[C@@H]1CCS(=O)(=O)C1. The van der Waals surface area contributed by atoms with Crippen molar-refractivity contribution in [2.24, 2.45) is 5.92 Å². The number of likely N-dealkylation sites (N-methyl/N-ethyl adjacent to an activating group) is 1. The molecule has 2 fully saturated rings. The molecule has 0 aliphatic carbocycles. The van der Waals surface area contributed by atoms with Crippen LogP contribution in [0.1, 0.15) is 24.8 Å². The van der Waals surface area contributed by atoms with Crippen LogP contribution < -0.4 is 4.90 Å². The second kappa shape index (κ2) is 7.87. The Morgan fingerprint density at radius 3 is 2.44 bits per heavy atom. The number of hydrogen-bond donors (Lipinski definition) is 1. The number of nitrogens with zero attached hydrogens (tertiary/aromatic N) is 1. The molecule has 25 heavy (non-hydrogen) atoms. The molecule has 2 saturated heterocycles. The number of carbonyl (C=O) groups excluding carboxylic acids is 1. The van der Waals surface area contributed by atoms with Crippen molar-refractivity contribution in [1.82, 2.24) is 4.90 Å². The minimum atomic E-state index is -2.94. The van der Waals surface area contributed by atoms with Gasteiger partial charge < -0.3 is 9.80 Å². The van der Waals surface area contributed by atoms with Crippen molar-refractivity contribution < 1.29 is 18.1 Å². The number of likely N-dealkylation sites (tertiary alicyclic amines) is 1. The highest BCUT2D eigenvalue weighted by molar-refractivity contribution is 7.91. The summed E-state index contributed by atoms with van der Waals surface area (Å²) in [4.78, 5) is 15.5. The summed E-state index contributed by atoms with van der Waals surface area (Å²) in [5, 5.41) is 0. The lowest BCUT2D eigenvalue weighted by Crippen LogP contribution is -3.14. The summed E-state index contributed by atoms with van der Waals surface area (Å²) in [5.74, 6) is 1.13. The molecule has 3 rings (SSSR count). The summed E-state index contributed by atoms with van der Waals surface area (Å²) in [6.45, 7) is 2.55. The standard InChI is InChI=1S/C19H28N2O3S/c1-20(18-9-12-25(23,24)15-18)19(22)14-21-10-7-17(8-11-21)13-16-5-3-2-4-6-16/h2-6,17-18H,7-15H2,1H3/p+1/t18-/m1/s1. The molecule has 1 amide bonds. The van der Waals surface area contributed by atoms with Gasteiger partial charge in [0.05, 0.1) is 24.6 Å². The maximum absolute atomic E-state index is 12.5. The van der Waals surface area contributed by atoms with Gasteiger partial charge in [-0.15, -0.1) is 0 Å². The molecule has 1 aromatic carbocycles. The monoisotopic (exact) mass is 365 g/mol. The number of nitrogens with one attached hydrogen (secondary N) is 1. The molecule has 0 bridgehead atoms. The van der Waals surface area contributed by atoms with Gasteiger partial charge in [0, 0.05) is 13.1 Å². The third-order valence-electron chi connectivity index (χ3n) is 5.73. The molecule has 0 aromatic heterocycles. The van der Waals surface area contributed by atoms with E-state index in [9.17, 15) is 13.2 Å². The lowest BCUT2D eigenvalue weighted by Gasteiger charge is -2.31. The summed E-state index contributed by atoms with van der Waals surface area (Å²) in [5.41, 5.74) is 1.40. The van der Waals surface area contributed by atoms with Gasteiger partial charge in [-0.2, -0.15) is 0 Å². The van der Waals surface area contributed by atoms with Gasteiger partial charge in [-0.25, -0.2) is 8.42 Å². The largest absolute Gasteiger partial charge is 0.337 e. The Labute approximate surface area is 150 Å². The van der Waals surface area contributed by atoms with E-state index in [2.05, 4.69) is 24.3 Å². The van der Waals surface area contributed by atoms with Gasteiger partial charge in [0.1, 0.15) is 0 Å². The van der Waals surface area contributed by atoms with Gasteiger partial charge in [0.25, 0.3) is 5.91 Å². The molecule has 0 spiro atoms. The van der Waals surface area contributed by atoms with Crippen LogP contribution in [0, 0.1) is 5.92 Å². The Balaban J connectivity index is 1.43. The van der Waals surface area contributed by atoms with Crippen LogP contribution in [0.5, 0.6) is 0 Å². The lowest BCUT2D eigenvalue weighted by molar-refractivity contribution is -0.898. The lowest BCUT2D eigenvalue weighted by atomic mass is 9.90. The summed E-state index contributed by atoms with van der Waals surface area (Å²) in [6.07, 6.45) is 4.01. The molecule has 5 nitrogen and oxygen atoms in total. The van der Waals surface area contributed by atoms with Crippen LogP contribution >= 0.6 is 0 Å². The average Bonchev–Trinajstić information content (AvgIpc) is 2.97. The Morgan fingerprint density at radius 1 is 1.16 bits per heavy atom. The van der Waals surface area contributed by atoms with Crippen molar-refractivity contribution >= 4 is 15.7 Å². The van der Waals surface area contributed by atoms with E-state index in [-0.39, 0.29) is 23.5 Å². The molecule has 2 heterocycles. The molecule has 0 saturated carbocycles. The number of piperidine rings is 1. The van der Waals surface area contributed by atoms with Crippen molar-refractivity contribution in [2.75, 3.05) is 38.2 Å².